The number of carbonyl (C=O) groups excluding carboxylic acids is 1. The van der Waals surface area contributed by atoms with Gasteiger partial charge in [0.1, 0.15) is 5.82 Å². The van der Waals surface area contributed by atoms with E-state index in [1.807, 2.05) is 24.5 Å². The van der Waals surface area contributed by atoms with E-state index in [-0.39, 0.29) is 11.9 Å². The monoisotopic (exact) mass is 378 g/mol. The first-order chi connectivity index (χ1) is 13.5. The molecule has 0 spiro atoms. The van der Waals surface area contributed by atoms with E-state index < -0.39 is 0 Å². The summed E-state index contributed by atoms with van der Waals surface area (Å²) in [5.41, 5.74) is 4.22. The van der Waals surface area contributed by atoms with Crippen molar-refractivity contribution in [1.82, 2.24) is 24.4 Å². The van der Waals surface area contributed by atoms with Crippen LogP contribution in [0.4, 0.5) is 5.69 Å². The number of anilines is 1. The Kier molecular flexibility index (Phi) is 5.00. The van der Waals surface area contributed by atoms with Crippen molar-refractivity contribution < 1.29 is 4.79 Å². The number of nitrogens with one attached hydrogen (secondary N) is 2. The zero-order valence-electron chi connectivity index (χ0n) is 16.5. The minimum atomic E-state index is -0.0675. The maximum absolute atomic E-state index is 11.3. The van der Waals surface area contributed by atoms with E-state index in [0.717, 1.165) is 42.3 Å². The van der Waals surface area contributed by atoms with Gasteiger partial charge >= 0.3 is 0 Å². The van der Waals surface area contributed by atoms with Gasteiger partial charge in [0.2, 0.25) is 5.91 Å². The molecule has 146 valence electrons. The van der Waals surface area contributed by atoms with Crippen LogP contribution in [0.3, 0.4) is 0 Å². The van der Waals surface area contributed by atoms with Crippen LogP contribution in [0.25, 0.3) is 0 Å². The van der Waals surface area contributed by atoms with E-state index in [2.05, 4.69) is 55.7 Å². The Balaban J connectivity index is 1.66. The summed E-state index contributed by atoms with van der Waals surface area (Å²) < 4.78 is 2.22. The third-order valence-electron chi connectivity index (χ3n) is 5.22. The predicted molar refractivity (Wildman–Crippen MR) is 108 cm³/mol. The van der Waals surface area contributed by atoms with Gasteiger partial charge in [-0.15, -0.1) is 0 Å². The summed E-state index contributed by atoms with van der Waals surface area (Å²) in [6.07, 6.45) is 6.64. The molecule has 0 saturated carbocycles. The molecule has 7 heteroatoms. The van der Waals surface area contributed by atoms with Crippen LogP contribution in [-0.4, -0.2) is 36.9 Å². The highest BCUT2D eigenvalue weighted by Crippen LogP contribution is 2.34. The number of amides is 1. The van der Waals surface area contributed by atoms with Crippen molar-refractivity contribution in [3.8, 4) is 0 Å². The molecule has 0 radical (unpaired) electrons. The second-order valence-electron chi connectivity index (χ2n) is 7.54. The van der Waals surface area contributed by atoms with E-state index in [4.69, 9.17) is 0 Å². The number of nitrogens with zero attached hydrogens (tertiary/aromatic N) is 4. The van der Waals surface area contributed by atoms with Crippen molar-refractivity contribution in [1.29, 1.82) is 0 Å². The molecule has 4 rings (SSSR count). The molecule has 1 aromatic carbocycles. The van der Waals surface area contributed by atoms with Crippen molar-refractivity contribution in [3.05, 3.63) is 65.8 Å². The number of aromatic nitrogens is 4. The summed E-state index contributed by atoms with van der Waals surface area (Å²) in [6.45, 7) is 7.55. The van der Waals surface area contributed by atoms with Gasteiger partial charge in [0.25, 0.3) is 0 Å². The fraction of sp³-hybridized carbons (Fsp3) is 0.381. The molecular formula is C21H26N6O. The molecule has 0 unspecified atom stereocenters. The summed E-state index contributed by atoms with van der Waals surface area (Å²) in [7, 11) is 0. The second kappa shape index (κ2) is 7.59. The number of imidazole rings is 2. The number of rotatable bonds is 5. The lowest BCUT2D eigenvalue weighted by Crippen LogP contribution is -2.36. The number of benzene rings is 1. The summed E-state index contributed by atoms with van der Waals surface area (Å²) in [5.74, 6) is 0.996. The second-order valence-corrected chi connectivity index (χ2v) is 7.54. The predicted octanol–water partition coefficient (Wildman–Crippen LogP) is 3.29. The summed E-state index contributed by atoms with van der Waals surface area (Å²) in [4.78, 5) is 26.2. The Bertz CT molecular complexity index is 955. The molecule has 28 heavy (non-hydrogen) atoms. The number of fused-ring (bicyclic) bond motifs is 1. The zero-order valence-corrected chi connectivity index (χ0v) is 16.5. The first-order valence-electron chi connectivity index (χ1n) is 9.68. The van der Waals surface area contributed by atoms with Gasteiger partial charge < -0.3 is 14.9 Å². The van der Waals surface area contributed by atoms with E-state index in [9.17, 15) is 4.79 Å². The quantitative estimate of drug-likeness (QED) is 0.714. The fourth-order valence-electron chi connectivity index (χ4n) is 3.93. The fourth-order valence-corrected chi connectivity index (χ4v) is 3.93. The third kappa shape index (κ3) is 3.57. The van der Waals surface area contributed by atoms with Crippen LogP contribution in [0.5, 0.6) is 0 Å². The smallest absolute Gasteiger partial charge is 0.221 e. The molecule has 0 aliphatic carbocycles. The SMILES string of the molecule is CC(=O)Nc1ccc([C@@H]2c3nc[nH]c3CCN2Cc2nccn2C(C)C)cc1. The number of aromatic amines is 1. The Labute approximate surface area is 164 Å². The highest BCUT2D eigenvalue weighted by Gasteiger charge is 2.31. The third-order valence-corrected chi connectivity index (χ3v) is 5.22. The Hall–Kier alpha value is -2.93. The minimum absolute atomic E-state index is 0.0543. The standard InChI is InChI=1S/C21H26N6O/c1-14(2)27-11-9-22-19(27)12-26-10-8-18-20(24-13-23-18)21(26)16-4-6-17(7-5-16)25-15(3)28/h4-7,9,11,13-14,21H,8,10,12H2,1-3H3,(H,23,24)(H,25,28)/t21-/m1/s1. The summed E-state index contributed by atoms with van der Waals surface area (Å²) >= 11 is 0. The molecule has 0 saturated heterocycles. The van der Waals surface area contributed by atoms with Gasteiger partial charge in [0.15, 0.2) is 0 Å². The Morgan fingerprint density at radius 3 is 2.79 bits per heavy atom. The van der Waals surface area contributed by atoms with Crippen molar-refractivity contribution >= 4 is 11.6 Å². The Morgan fingerprint density at radius 1 is 1.29 bits per heavy atom. The van der Waals surface area contributed by atoms with E-state index in [1.54, 1.807) is 6.33 Å². The number of hydrogen-bond donors (Lipinski definition) is 2. The topological polar surface area (TPSA) is 78.8 Å². The molecule has 1 amide bonds. The molecular weight excluding hydrogens is 352 g/mol. The average Bonchev–Trinajstić information content (AvgIpc) is 3.31. The van der Waals surface area contributed by atoms with E-state index >= 15 is 0 Å². The zero-order chi connectivity index (χ0) is 19.7. The molecule has 1 atom stereocenters. The van der Waals surface area contributed by atoms with Gasteiger partial charge in [-0.1, -0.05) is 12.1 Å². The molecule has 1 aliphatic heterocycles. The lowest BCUT2D eigenvalue weighted by molar-refractivity contribution is -0.114. The van der Waals surface area contributed by atoms with Gasteiger partial charge in [0, 0.05) is 49.7 Å². The highest BCUT2D eigenvalue weighted by molar-refractivity contribution is 5.88. The molecule has 3 aromatic rings. The van der Waals surface area contributed by atoms with Crippen LogP contribution < -0.4 is 5.32 Å². The van der Waals surface area contributed by atoms with Crippen LogP contribution in [-0.2, 0) is 17.8 Å². The van der Waals surface area contributed by atoms with Crippen molar-refractivity contribution in [3.63, 3.8) is 0 Å². The van der Waals surface area contributed by atoms with Crippen LogP contribution in [0.1, 0.15) is 55.6 Å². The summed E-state index contributed by atoms with van der Waals surface area (Å²) in [5, 5.41) is 2.83. The molecule has 0 bridgehead atoms. The van der Waals surface area contributed by atoms with Gasteiger partial charge in [-0.25, -0.2) is 9.97 Å². The van der Waals surface area contributed by atoms with Crippen LogP contribution >= 0.6 is 0 Å². The number of hydrogen-bond acceptors (Lipinski definition) is 4. The number of H-pyrrole nitrogens is 1. The first-order valence-corrected chi connectivity index (χ1v) is 9.68. The van der Waals surface area contributed by atoms with E-state index in [0.29, 0.717) is 6.04 Å². The lowest BCUT2D eigenvalue weighted by Gasteiger charge is -2.35. The first kappa shape index (κ1) is 18.4. The number of carbonyl (C=O) groups is 1. The maximum Gasteiger partial charge on any atom is 0.221 e. The molecule has 0 fully saturated rings. The van der Waals surface area contributed by atoms with Crippen molar-refractivity contribution in [2.45, 2.75) is 45.8 Å². The lowest BCUT2D eigenvalue weighted by atomic mass is 9.95. The van der Waals surface area contributed by atoms with Gasteiger partial charge in [-0.2, -0.15) is 0 Å². The normalized spacial score (nSPS) is 16.9. The van der Waals surface area contributed by atoms with Crippen LogP contribution in [0.2, 0.25) is 0 Å². The molecule has 2 N–H and O–H groups in total. The van der Waals surface area contributed by atoms with Gasteiger partial charge in [0.05, 0.1) is 24.6 Å². The molecule has 3 heterocycles. The molecule has 2 aromatic heterocycles. The summed E-state index contributed by atoms with van der Waals surface area (Å²) in [6, 6.07) is 8.47. The largest absolute Gasteiger partial charge is 0.348 e. The maximum atomic E-state index is 11.3. The van der Waals surface area contributed by atoms with Crippen LogP contribution in [0, 0.1) is 0 Å². The minimum Gasteiger partial charge on any atom is -0.348 e. The van der Waals surface area contributed by atoms with Crippen molar-refractivity contribution in [2.75, 3.05) is 11.9 Å². The van der Waals surface area contributed by atoms with Gasteiger partial charge in [-0.3, -0.25) is 9.69 Å². The van der Waals surface area contributed by atoms with Gasteiger partial charge in [-0.05, 0) is 31.5 Å². The Morgan fingerprint density at radius 2 is 2.07 bits per heavy atom. The van der Waals surface area contributed by atoms with E-state index in [1.165, 1.54) is 12.6 Å². The molecule has 7 nitrogen and oxygen atoms in total. The average molecular weight is 378 g/mol. The van der Waals surface area contributed by atoms with Crippen molar-refractivity contribution in [2.24, 2.45) is 0 Å². The molecule has 1 aliphatic rings. The highest BCUT2D eigenvalue weighted by atomic mass is 16.1. The van der Waals surface area contributed by atoms with Crippen LogP contribution in [0.15, 0.2) is 43.0 Å².